The Morgan fingerprint density at radius 1 is 1.35 bits per heavy atom. The van der Waals surface area contributed by atoms with Crippen LogP contribution >= 0.6 is 23.2 Å². The summed E-state index contributed by atoms with van der Waals surface area (Å²) in [5.41, 5.74) is 0.246. The third-order valence-corrected chi connectivity index (χ3v) is 4.65. The number of methoxy groups -OCH3 is 3. The van der Waals surface area contributed by atoms with E-state index in [2.05, 4.69) is 16.6 Å². The maximum absolute atomic E-state index is 12.5. The number of nitrogens with one attached hydrogen (secondary N) is 1. The minimum atomic E-state index is -1.55. The van der Waals surface area contributed by atoms with Crippen LogP contribution in [0.25, 0.3) is 0 Å². The molecule has 0 fully saturated rings. The highest BCUT2D eigenvalue weighted by atomic mass is 35.5. The summed E-state index contributed by atoms with van der Waals surface area (Å²) in [6.07, 6.45) is 2.32. The Labute approximate surface area is 145 Å². The Balaban J connectivity index is 3.01. The van der Waals surface area contributed by atoms with E-state index in [0.29, 0.717) is 13.0 Å². The van der Waals surface area contributed by atoms with Gasteiger partial charge in [-0.15, -0.1) is 18.2 Å². The molecule has 0 aromatic heterocycles. The third-order valence-electron chi connectivity index (χ3n) is 3.72. The molecule has 0 spiro atoms. The molecule has 23 heavy (non-hydrogen) atoms. The molecule has 1 rings (SSSR count). The van der Waals surface area contributed by atoms with E-state index in [1.165, 1.54) is 27.4 Å². The van der Waals surface area contributed by atoms with Gasteiger partial charge in [-0.2, -0.15) is 0 Å². The summed E-state index contributed by atoms with van der Waals surface area (Å²) in [5, 5.41) is 2.92. The van der Waals surface area contributed by atoms with E-state index in [9.17, 15) is 9.59 Å². The average Bonchev–Trinajstić information content (AvgIpc) is 2.70. The van der Waals surface area contributed by atoms with Crippen molar-refractivity contribution in [1.29, 1.82) is 0 Å². The van der Waals surface area contributed by atoms with Crippen molar-refractivity contribution in [2.45, 2.75) is 29.9 Å². The highest BCUT2D eigenvalue weighted by Crippen LogP contribution is 2.50. The molecular weight excluding hydrogens is 345 g/mol. The molecule has 1 aliphatic rings. The zero-order valence-electron chi connectivity index (χ0n) is 13.4. The number of Topliss-reactive ketones (excluding diaryl/α,β-unsaturated/α-hetero) is 1. The molecule has 0 bridgehead atoms. The molecule has 0 amide bonds. The number of carbonyl (C=O) groups is 2. The Hall–Kier alpha value is -1.08. The van der Waals surface area contributed by atoms with Gasteiger partial charge in [0, 0.05) is 27.2 Å². The first-order valence-corrected chi connectivity index (χ1v) is 7.76. The fourth-order valence-corrected chi connectivity index (χ4v) is 3.41. The number of hydrogen-bond acceptors (Lipinski definition) is 6. The number of hydrogen-bond donors (Lipinski definition) is 1. The lowest BCUT2D eigenvalue weighted by molar-refractivity contribution is -0.198. The van der Waals surface area contributed by atoms with Gasteiger partial charge in [-0.1, -0.05) is 17.7 Å². The summed E-state index contributed by atoms with van der Waals surface area (Å²) in [5.74, 6) is -2.38. The topological polar surface area (TPSA) is 73.9 Å². The number of halogens is 2. The lowest BCUT2D eigenvalue weighted by Gasteiger charge is -2.39. The van der Waals surface area contributed by atoms with Crippen LogP contribution in [0.1, 0.15) is 19.3 Å². The van der Waals surface area contributed by atoms with Crippen LogP contribution in [0.2, 0.25) is 0 Å². The van der Waals surface area contributed by atoms with Crippen LogP contribution in [-0.2, 0) is 23.8 Å². The number of ketones is 1. The molecule has 8 heteroatoms. The maximum atomic E-state index is 12.5. The lowest BCUT2D eigenvalue weighted by atomic mass is 9.93. The smallest absolute Gasteiger partial charge is 0.305 e. The van der Waals surface area contributed by atoms with Crippen molar-refractivity contribution in [2.24, 2.45) is 0 Å². The Morgan fingerprint density at radius 2 is 1.96 bits per heavy atom. The molecule has 0 saturated carbocycles. The Morgan fingerprint density at radius 3 is 2.43 bits per heavy atom. The van der Waals surface area contributed by atoms with Gasteiger partial charge in [0.2, 0.25) is 11.6 Å². The summed E-state index contributed by atoms with van der Waals surface area (Å²) in [6.45, 7) is 3.98. The molecule has 0 aromatic carbocycles. The largest absolute Gasteiger partial charge is 0.469 e. The van der Waals surface area contributed by atoms with Crippen molar-refractivity contribution in [3.63, 3.8) is 0 Å². The molecule has 1 N–H and O–H groups in total. The average molecular weight is 366 g/mol. The van der Waals surface area contributed by atoms with Gasteiger partial charge in [0.25, 0.3) is 0 Å². The number of carbonyl (C=O) groups excluding carboxylic acids is 2. The van der Waals surface area contributed by atoms with Crippen LogP contribution in [-0.4, -0.2) is 50.3 Å². The van der Waals surface area contributed by atoms with Gasteiger partial charge >= 0.3 is 5.97 Å². The Kier molecular flexibility index (Phi) is 7.07. The fourth-order valence-electron chi connectivity index (χ4n) is 2.56. The quantitative estimate of drug-likeness (QED) is 0.222. The summed E-state index contributed by atoms with van der Waals surface area (Å²) in [7, 11) is 4.08. The highest BCUT2D eigenvalue weighted by Gasteiger charge is 2.65. The monoisotopic (exact) mass is 365 g/mol. The number of ether oxygens (including phenoxy) is 3. The first-order chi connectivity index (χ1) is 10.8. The maximum Gasteiger partial charge on any atom is 0.305 e. The second-order valence-corrected chi connectivity index (χ2v) is 5.97. The van der Waals surface area contributed by atoms with Crippen LogP contribution in [0.3, 0.4) is 0 Å². The number of allylic oxidation sites excluding steroid dienone is 2. The molecule has 0 radical (unpaired) electrons. The van der Waals surface area contributed by atoms with Crippen LogP contribution in [0.15, 0.2) is 23.4 Å². The van der Waals surface area contributed by atoms with E-state index in [1.54, 1.807) is 0 Å². The molecule has 0 aromatic rings. The standard InChI is InChI=1S/C15H21Cl2NO5/c1-5-8-14(17)13(20)11(16)12(15(14,22-3)23-4)18-9-6-7-10(19)21-2/h5,18H,1,6-9H2,2-4H3/t14-/m0/s1. The van der Waals surface area contributed by atoms with Crippen molar-refractivity contribution in [3.05, 3.63) is 23.4 Å². The van der Waals surface area contributed by atoms with Gasteiger partial charge in [-0.05, 0) is 12.8 Å². The van der Waals surface area contributed by atoms with Crippen molar-refractivity contribution < 1.29 is 23.8 Å². The minimum Gasteiger partial charge on any atom is -0.469 e. The second-order valence-electron chi connectivity index (χ2n) is 4.94. The normalized spacial score (nSPS) is 23.1. The zero-order valence-corrected chi connectivity index (χ0v) is 14.9. The van der Waals surface area contributed by atoms with E-state index in [1.807, 2.05) is 0 Å². The van der Waals surface area contributed by atoms with Gasteiger partial charge in [-0.3, -0.25) is 9.59 Å². The molecule has 6 nitrogen and oxygen atoms in total. The van der Waals surface area contributed by atoms with Gasteiger partial charge in [0.15, 0.2) is 4.87 Å². The lowest BCUT2D eigenvalue weighted by Crippen LogP contribution is -2.56. The molecule has 0 aliphatic heterocycles. The van der Waals surface area contributed by atoms with E-state index in [-0.39, 0.29) is 29.5 Å². The number of alkyl halides is 1. The van der Waals surface area contributed by atoms with Crippen molar-refractivity contribution in [1.82, 2.24) is 5.32 Å². The first kappa shape index (κ1) is 20.0. The molecular formula is C15H21Cl2NO5. The Bertz CT molecular complexity index is 516. The minimum absolute atomic E-state index is 0.0800. The van der Waals surface area contributed by atoms with Crippen LogP contribution in [0, 0.1) is 0 Å². The van der Waals surface area contributed by atoms with Crippen LogP contribution in [0.4, 0.5) is 0 Å². The molecule has 1 aliphatic carbocycles. The second kappa shape index (κ2) is 8.15. The zero-order chi connectivity index (χ0) is 17.7. The predicted molar refractivity (Wildman–Crippen MR) is 87.3 cm³/mol. The fraction of sp³-hybridized carbons (Fsp3) is 0.600. The molecule has 0 heterocycles. The van der Waals surface area contributed by atoms with Crippen LogP contribution < -0.4 is 5.32 Å². The number of esters is 1. The van der Waals surface area contributed by atoms with E-state index >= 15 is 0 Å². The molecule has 0 saturated heterocycles. The van der Waals surface area contributed by atoms with Gasteiger partial charge < -0.3 is 19.5 Å². The van der Waals surface area contributed by atoms with E-state index < -0.39 is 16.4 Å². The summed E-state index contributed by atoms with van der Waals surface area (Å²) in [4.78, 5) is 22.1. The predicted octanol–water partition coefficient (Wildman–Crippen LogP) is 2.11. The number of rotatable bonds is 9. The highest BCUT2D eigenvalue weighted by molar-refractivity contribution is 6.53. The molecule has 0 unspecified atom stereocenters. The van der Waals surface area contributed by atoms with Gasteiger partial charge in [-0.25, -0.2) is 0 Å². The van der Waals surface area contributed by atoms with Crippen molar-refractivity contribution in [3.8, 4) is 0 Å². The molecule has 1 atom stereocenters. The SMILES string of the molecule is C=CC[C@]1(Cl)C(=O)C(Cl)=C(NCCCC(=O)OC)C1(OC)OC. The summed E-state index contributed by atoms with van der Waals surface area (Å²) in [6, 6.07) is 0. The summed E-state index contributed by atoms with van der Waals surface area (Å²) < 4.78 is 15.5. The summed E-state index contributed by atoms with van der Waals surface area (Å²) >= 11 is 12.7. The van der Waals surface area contributed by atoms with Gasteiger partial charge in [0.1, 0.15) is 5.03 Å². The first-order valence-electron chi connectivity index (χ1n) is 7.00. The van der Waals surface area contributed by atoms with E-state index in [0.717, 1.165) is 0 Å². The van der Waals surface area contributed by atoms with Crippen molar-refractivity contribution >= 4 is 35.0 Å². The third kappa shape index (κ3) is 3.40. The van der Waals surface area contributed by atoms with Crippen LogP contribution in [0.5, 0.6) is 0 Å². The molecule has 130 valence electrons. The van der Waals surface area contributed by atoms with Crippen molar-refractivity contribution in [2.75, 3.05) is 27.9 Å². The van der Waals surface area contributed by atoms with Gasteiger partial charge in [0.05, 0.1) is 12.8 Å². The van der Waals surface area contributed by atoms with E-state index in [4.69, 9.17) is 32.7 Å².